The first-order chi connectivity index (χ1) is 11.1. The van der Waals surface area contributed by atoms with Crippen LogP contribution in [0.4, 0.5) is 10.9 Å². The van der Waals surface area contributed by atoms with Crippen molar-refractivity contribution < 1.29 is 4.79 Å². The first-order valence-corrected chi connectivity index (χ1v) is 8.60. The maximum atomic E-state index is 12.0. The van der Waals surface area contributed by atoms with Crippen LogP contribution in [0.3, 0.4) is 0 Å². The third-order valence-electron chi connectivity index (χ3n) is 3.05. The van der Waals surface area contributed by atoms with Gasteiger partial charge >= 0.3 is 0 Å². The normalized spacial score (nSPS) is 11.9. The zero-order valence-corrected chi connectivity index (χ0v) is 14.1. The van der Waals surface area contributed by atoms with Gasteiger partial charge in [-0.3, -0.25) is 10.1 Å². The molecule has 7 nitrogen and oxygen atoms in total. The van der Waals surface area contributed by atoms with Gasteiger partial charge in [-0.1, -0.05) is 11.3 Å². The molecule has 0 aliphatic heterocycles. The fraction of sp³-hybridized carbons (Fsp3) is 0.214. The second-order valence-corrected chi connectivity index (χ2v) is 6.68. The van der Waals surface area contributed by atoms with E-state index in [1.54, 1.807) is 29.0 Å². The Hall–Kier alpha value is -2.39. The van der Waals surface area contributed by atoms with Crippen molar-refractivity contribution in [3.8, 4) is 0 Å². The number of thiazole rings is 1. The minimum absolute atomic E-state index is 0.0496. The Labute approximate surface area is 140 Å². The average molecular weight is 346 g/mol. The lowest BCUT2D eigenvalue weighted by atomic mass is 10.2. The topological polar surface area (TPSA) is 92.7 Å². The van der Waals surface area contributed by atoms with Gasteiger partial charge in [0.15, 0.2) is 0 Å². The molecule has 9 heteroatoms. The molecule has 3 aromatic rings. The molecule has 0 fully saturated rings. The highest BCUT2D eigenvalue weighted by Crippen LogP contribution is 2.20. The molecule has 3 heterocycles. The molecule has 0 unspecified atom stereocenters. The van der Waals surface area contributed by atoms with Crippen molar-refractivity contribution in [3.05, 3.63) is 45.5 Å². The summed E-state index contributed by atoms with van der Waals surface area (Å²) >= 11 is 2.88. The van der Waals surface area contributed by atoms with Gasteiger partial charge in [0, 0.05) is 11.6 Å². The monoisotopic (exact) mass is 346 g/mol. The van der Waals surface area contributed by atoms with Crippen molar-refractivity contribution >= 4 is 39.5 Å². The quantitative estimate of drug-likeness (QED) is 0.737. The highest BCUT2D eigenvalue weighted by Gasteiger charge is 2.11. The van der Waals surface area contributed by atoms with Crippen molar-refractivity contribution in [3.63, 3.8) is 0 Å². The molecule has 1 amide bonds. The molecule has 0 saturated heterocycles. The molecule has 0 spiro atoms. The maximum absolute atomic E-state index is 12.0. The lowest BCUT2D eigenvalue weighted by molar-refractivity contribution is 0.102. The number of nitrogens with zero attached hydrogens (tertiary/aromatic N) is 4. The number of anilines is 2. The van der Waals surface area contributed by atoms with E-state index >= 15 is 0 Å². The summed E-state index contributed by atoms with van der Waals surface area (Å²) in [5, 5.41) is 16.9. The number of carbonyl (C=O) groups excluding carboxylic acids is 1. The molecule has 0 bridgehead atoms. The number of hydrogen-bond donors (Lipinski definition) is 2. The third-order valence-corrected chi connectivity index (χ3v) is 4.45. The van der Waals surface area contributed by atoms with Crippen LogP contribution in [0, 0.1) is 6.92 Å². The van der Waals surface area contributed by atoms with Crippen LogP contribution in [0.1, 0.15) is 34.0 Å². The molecule has 1 atom stereocenters. The first-order valence-electron chi connectivity index (χ1n) is 6.84. The number of hydrogen-bond acceptors (Lipinski definition) is 8. The van der Waals surface area contributed by atoms with Crippen LogP contribution in [0.2, 0.25) is 0 Å². The van der Waals surface area contributed by atoms with Crippen LogP contribution in [-0.2, 0) is 0 Å². The van der Waals surface area contributed by atoms with Gasteiger partial charge in [-0.2, -0.15) is 0 Å². The molecule has 0 aromatic carbocycles. The lowest BCUT2D eigenvalue weighted by Crippen LogP contribution is -2.13. The third kappa shape index (κ3) is 3.88. The van der Waals surface area contributed by atoms with E-state index in [-0.39, 0.29) is 11.9 Å². The predicted molar refractivity (Wildman–Crippen MR) is 91.0 cm³/mol. The number of aromatic nitrogens is 4. The molecule has 0 aliphatic carbocycles. The molecule has 3 rings (SSSR count). The summed E-state index contributed by atoms with van der Waals surface area (Å²) in [7, 11) is 0. The van der Waals surface area contributed by atoms with E-state index in [1.807, 2.05) is 19.2 Å². The number of carbonyl (C=O) groups is 1. The Morgan fingerprint density at radius 2 is 2.17 bits per heavy atom. The average Bonchev–Trinajstić information content (AvgIpc) is 3.19. The molecule has 0 aliphatic rings. The molecule has 118 valence electrons. The second-order valence-electron chi connectivity index (χ2n) is 4.79. The van der Waals surface area contributed by atoms with E-state index in [9.17, 15) is 4.79 Å². The van der Waals surface area contributed by atoms with Crippen LogP contribution in [0.25, 0.3) is 0 Å². The minimum atomic E-state index is -0.260. The zero-order valence-electron chi connectivity index (χ0n) is 12.5. The first kappa shape index (κ1) is 15.5. The predicted octanol–water partition coefficient (Wildman–Crippen LogP) is 3.12. The number of nitrogens with one attached hydrogen (secondary N) is 2. The standard InChI is InChI=1S/C14H14N6OS2/c1-8(11-6-22-9(2)18-11)17-12-4-3-10(5-15-12)13(21)19-14-20-16-7-23-14/h3-8H,1-2H3,(H,15,17)(H,19,20,21)/t8-/m1/s1. The largest absolute Gasteiger partial charge is 0.362 e. The summed E-state index contributed by atoms with van der Waals surface area (Å²) < 4.78 is 0. The van der Waals surface area contributed by atoms with Gasteiger partial charge in [0.1, 0.15) is 11.3 Å². The Kier molecular flexibility index (Phi) is 4.58. The summed E-state index contributed by atoms with van der Waals surface area (Å²) in [6, 6.07) is 3.53. The van der Waals surface area contributed by atoms with Crippen LogP contribution in [-0.4, -0.2) is 26.1 Å². The molecular weight excluding hydrogens is 332 g/mol. The summed E-state index contributed by atoms with van der Waals surface area (Å²) in [6.07, 6.45) is 1.53. The highest BCUT2D eigenvalue weighted by molar-refractivity contribution is 7.13. The van der Waals surface area contributed by atoms with Gasteiger partial charge in [-0.25, -0.2) is 9.97 Å². The van der Waals surface area contributed by atoms with E-state index in [1.165, 1.54) is 17.5 Å². The molecule has 0 radical (unpaired) electrons. The lowest BCUT2D eigenvalue weighted by Gasteiger charge is -2.12. The van der Waals surface area contributed by atoms with Crippen molar-refractivity contribution in [2.75, 3.05) is 10.6 Å². The van der Waals surface area contributed by atoms with Crippen molar-refractivity contribution in [1.82, 2.24) is 20.2 Å². The van der Waals surface area contributed by atoms with Crippen molar-refractivity contribution in [1.29, 1.82) is 0 Å². The Morgan fingerprint density at radius 1 is 1.30 bits per heavy atom. The van der Waals surface area contributed by atoms with E-state index < -0.39 is 0 Å². The molecule has 3 aromatic heterocycles. The van der Waals surface area contributed by atoms with E-state index in [0.29, 0.717) is 16.5 Å². The van der Waals surface area contributed by atoms with Crippen LogP contribution in [0.15, 0.2) is 29.2 Å². The van der Waals surface area contributed by atoms with Gasteiger partial charge in [-0.15, -0.1) is 21.5 Å². The van der Waals surface area contributed by atoms with Crippen LogP contribution >= 0.6 is 22.7 Å². The number of amides is 1. The SMILES string of the molecule is Cc1nc([C@@H](C)Nc2ccc(C(=O)Nc3nncs3)cn2)cs1. The van der Waals surface area contributed by atoms with E-state index in [0.717, 1.165) is 10.7 Å². The Bertz CT molecular complexity index is 784. The van der Waals surface area contributed by atoms with Crippen LogP contribution < -0.4 is 10.6 Å². The maximum Gasteiger partial charge on any atom is 0.259 e. The van der Waals surface area contributed by atoms with Gasteiger partial charge in [0.05, 0.1) is 22.3 Å². The fourth-order valence-corrected chi connectivity index (χ4v) is 3.03. The highest BCUT2D eigenvalue weighted by atomic mass is 32.1. The summed E-state index contributed by atoms with van der Waals surface area (Å²) in [5.41, 5.74) is 3.00. The molecule has 23 heavy (non-hydrogen) atoms. The molecule has 0 saturated carbocycles. The van der Waals surface area contributed by atoms with Crippen LogP contribution in [0.5, 0.6) is 0 Å². The van der Waals surface area contributed by atoms with Gasteiger partial charge in [0.2, 0.25) is 5.13 Å². The van der Waals surface area contributed by atoms with E-state index in [2.05, 4.69) is 30.8 Å². The minimum Gasteiger partial charge on any atom is -0.362 e. The molecule has 2 N–H and O–H groups in total. The van der Waals surface area contributed by atoms with Gasteiger partial charge < -0.3 is 5.32 Å². The number of rotatable bonds is 5. The zero-order chi connectivity index (χ0) is 16.2. The van der Waals surface area contributed by atoms with E-state index in [4.69, 9.17) is 0 Å². The second kappa shape index (κ2) is 6.80. The summed E-state index contributed by atoms with van der Waals surface area (Å²) in [4.78, 5) is 20.7. The van der Waals surface area contributed by atoms with Gasteiger partial charge in [0.25, 0.3) is 5.91 Å². The fourth-order valence-electron chi connectivity index (χ4n) is 1.89. The van der Waals surface area contributed by atoms with Crippen molar-refractivity contribution in [2.24, 2.45) is 0 Å². The van der Waals surface area contributed by atoms with Crippen molar-refractivity contribution in [2.45, 2.75) is 19.9 Å². The number of aryl methyl sites for hydroxylation is 1. The number of pyridine rings is 1. The summed E-state index contributed by atoms with van der Waals surface area (Å²) in [6.45, 7) is 4.00. The Morgan fingerprint density at radius 3 is 2.78 bits per heavy atom. The smallest absolute Gasteiger partial charge is 0.259 e. The molecular formula is C14H14N6OS2. The summed E-state index contributed by atoms with van der Waals surface area (Å²) in [5.74, 6) is 0.430. The van der Waals surface area contributed by atoms with Gasteiger partial charge in [-0.05, 0) is 26.0 Å². The Balaban J connectivity index is 1.63.